The van der Waals surface area contributed by atoms with Crippen molar-refractivity contribution in [1.82, 2.24) is 0 Å². The lowest BCUT2D eigenvalue weighted by Gasteiger charge is -2.13. The number of thiocarbonyl (C=S) groups is 1. The SMILES string of the molecule is O=S(=O)(Nc1ccc(Cl)c(Cl)c1)c1ccc(NC(=S)Nc2cccc(C(F)(F)F)c2)cc1. The third-order valence-electron chi connectivity index (χ3n) is 4.04. The van der Waals surface area contributed by atoms with Gasteiger partial charge in [0, 0.05) is 11.4 Å². The molecule has 3 rings (SSSR count). The number of benzene rings is 3. The summed E-state index contributed by atoms with van der Waals surface area (Å²) in [5, 5.41) is 5.97. The van der Waals surface area contributed by atoms with E-state index in [4.69, 9.17) is 35.4 Å². The average Bonchev–Trinajstić information content (AvgIpc) is 2.70. The van der Waals surface area contributed by atoms with Crippen LogP contribution in [-0.4, -0.2) is 13.5 Å². The van der Waals surface area contributed by atoms with E-state index in [-0.39, 0.29) is 26.4 Å². The summed E-state index contributed by atoms with van der Waals surface area (Å²) in [6, 6.07) is 14.5. The van der Waals surface area contributed by atoms with Gasteiger partial charge in [-0.1, -0.05) is 29.3 Å². The molecule has 0 amide bonds. The van der Waals surface area contributed by atoms with E-state index in [9.17, 15) is 21.6 Å². The van der Waals surface area contributed by atoms with Crippen LogP contribution in [0.4, 0.5) is 30.2 Å². The van der Waals surface area contributed by atoms with Gasteiger partial charge in [0.2, 0.25) is 0 Å². The molecule has 3 N–H and O–H groups in total. The van der Waals surface area contributed by atoms with Crippen LogP contribution in [0, 0.1) is 0 Å². The second kappa shape index (κ2) is 9.53. The standard InChI is InChI=1S/C20H14Cl2F3N3O2S2/c21-17-9-6-15(11-18(17)22)28-32(29,30)16-7-4-13(5-8-16)26-19(31)27-14-3-1-2-12(10-14)20(23,24)25/h1-11,28H,(H2,26,27,31). The van der Waals surface area contributed by atoms with Crippen LogP contribution in [0.25, 0.3) is 0 Å². The van der Waals surface area contributed by atoms with Gasteiger partial charge < -0.3 is 10.6 Å². The van der Waals surface area contributed by atoms with E-state index < -0.39 is 21.8 Å². The molecule has 0 unspecified atom stereocenters. The first-order valence-corrected chi connectivity index (χ1v) is 11.4. The van der Waals surface area contributed by atoms with Crippen molar-refractivity contribution in [2.75, 3.05) is 15.4 Å². The van der Waals surface area contributed by atoms with Gasteiger partial charge in [0.1, 0.15) is 0 Å². The predicted molar refractivity (Wildman–Crippen MR) is 125 cm³/mol. The highest BCUT2D eigenvalue weighted by atomic mass is 35.5. The first-order valence-electron chi connectivity index (χ1n) is 8.77. The van der Waals surface area contributed by atoms with Crippen LogP contribution in [0.15, 0.2) is 71.6 Å². The monoisotopic (exact) mass is 519 g/mol. The lowest BCUT2D eigenvalue weighted by atomic mass is 10.2. The Bertz CT molecular complexity index is 1250. The number of rotatable bonds is 5. The Hall–Kier alpha value is -2.53. The second-order valence-corrected chi connectivity index (χ2v) is 9.32. The van der Waals surface area contributed by atoms with Gasteiger partial charge >= 0.3 is 6.18 Å². The fraction of sp³-hybridized carbons (Fsp3) is 0.0500. The van der Waals surface area contributed by atoms with Crippen LogP contribution in [-0.2, 0) is 16.2 Å². The van der Waals surface area contributed by atoms with Crippen molar-refractivity contribution in [3.63, 3.8) is 0 Å². The topological polar surface area (TPSA) is 70.2 Å². The molecule has 0 fully saturated rings. The molecule has 0 aliphatic heterocycles. The van der Waals surface area contributed by atoms with Gasteiger partial charge in [0.05, 0.1) is 26.2 Å². The summed E-state index contributed by atoms with van der Waals surface area (Å²) in [5.74, 6) is 0. The molecule has 0 radical (unpaired) electrons. The smallest absolute Gasteiger partial charge is 0.332 e. The minimum Gasteiger partial charge on any atom is -0.332 e. The molecule has 0 heterocycles. The fourth-order valence-electron chi connectivity index (χ4n) is 2.56. The number of hydrogen-bond donors (Lipinski definition) is 3. The zero-order chi connectivity index (χ0) is 23.5. The van der Waals surface area contributed by atoms with E-state index in [0.29, 0.717) is 10.7 Å². The first kappa shape index (κ1) is 24.1. The Morgan fingerprint density at radius 2 is 1.44 bits per heavy atom. The van der Waals surface area contributed by atoms with Crippen molar-refractivity contribution in [1.29, 1.82) is 0 Å². The number of hydrogen-bond acceptors (Lipinski definition) is 3. The molecular weight excluding hydrogens is 506 g/mol. The summed E-state index contributed by atoms with van der Waals surface area (Å²) in [6.45, 7) is 0. The van der Waals surface area contributed by atoms with E-state index in [2.05, 4.69) is 15.4 Å². The van der Waals surface area contributed by atoms with Crippen LogP contribution in [0.1, 0.15) is 5.56 Å². The highest BCUT2D eigenvalue weighted by Gasteiger charge is 2.30. The molecule has 3 aromatic rings. The van der Waals surface area contributed by atoms with Crippen LogP contribution in [0.3, 0.4) is 0 Å². The largest absolute Gasteiger partial charge is 0.416 e. The van der Waals surface area contributed by atoms with Crippen molar-refractivity contribution in [2.45, 2.75) is 11.1 Å². The Morgan fingerprint density at radius 3 is 2.06 bits per heavy atom. The van der Waals surface area contributed by atoms with E-state index in [0.717, 1.165) is 12.1 Å². The van der Waals surface area contributed by atoms with E-state index in [1.165, 1.54) is 54.6 Å². The molecule has 32 heavy (non-hydrogen) atoms. The lowest BCUT2D eigenvalue weighted by molar-refractivity contribution is -0.137. The van der Waals surface area contributed by atoms with Crippen molar-refractivity contribution in [2.24, 2.45) is 0 Å². The number of sulfonamides is 1. The average molecular weight is 520 g/mol. The molecule has 168 valence electrons. The van der Waals surface area contributed by atoms with Gasteiger partial charge in [-0.25, -0.2) is 8.42 Å². The number of anilines is 3. The fourth-order valence-corrected chi connectivity index (χ4v) is 4.14. The Labute approximate surface area is 197 Å². The van der Waals surface area contributed by atoms with Gasteiger partial charge in [-0.15, -0.1) is 0 Å². The highest BCUT2D eigenvalue weighted by molar-refractivity contribution is 7.92. The zero-order valence-electron chi connectivity index (χ0n) is 15.9. The first-order chi connectivity index (χ1) is 14.9. The third-order valence-corrected chi connectivity index (χ3v) is 6.38. The third kappa shape index (κ3) is 6.26. The minimum absolute atomic E-state index is 0.0223. The maximum atomic E-state index is 12.8. The molecule has 0 spiro atoms. The van der Waals surface area contributed by atoms with Crippen LogP contribution < -0.4 is 15.4 Å². The van der Waals surface area contributed by atoms with Crippen molar-refractivity contribution >= 4 is 67.6 Å². The molecule has 0 aromatic heterocycles. The van der Waals surface area contributed by atoms with Gasteiger partial charge in [-0.3, -0.25) is 4.72 Å². The highest BCUT2D eigenvalue weighted by Crippen LogP contribution is 2.31. The molecule has 0 aliphatic carbocycles. The van der Waals surface area contributed by atoms with Crippen molar-refractivity contribution in [3.05, 3.63) is 82.3 Å². The number of halogens is 5. The van der Waals surface area contributed by atoms with E-state index >= 15 is 0 Å². The lowest BCUT2D eigenvalue weighted by Crippen LogP contribution is -2.19. The Morgan fingerprint density at radius 1 is 0.812 bits per heavy atom. The molecule has 5 nitrogen and oxygen atoms in total. The van der Waals surface area contributed by atoms with E-state index in [1.807, 2.05) is 0 Å². The molecule has 0 saturated carbocycles. The van der Waals surface area contributed by atoms with Gasteiger partial charge in [-0.05, 0) is 72.9 Å². The quantitative estimate of drug-likeness (QED) is 0.330. The predicted octanol–water partition coefficient (Wildman–Crippen LogP) is 6.62. The summed E-state index contributed by atoms with van der Waals surface area (Å²) in [7, 11) is -3.89. The molecule has 0 bridgehead atoms. The maximum Gasteiger partial charge on any atom is 0.416 e. The van der Waals surface area contributed by atoms with Gasteiger partial charge in [0.25, 0.3) is 10.0 Å². The van der Waals surface area contributed by atoms with Crippen molar-refractivity contribution < 1.29 is 21.6 Å². The summed E-state index contributed by atoms with van der Waals surface area (Å²) in [6.07, 6.45) is -4.47. The van der Waals surface area contributed by atoms with Crippen molar-refractivity contribution in [3.8, 4) is 0 Å². The zero-order valence-corrected chi connectivity index (χ0v) is 19.0. The normalized spacial score (nSPS) is 11.7. The molecule has 0 saturated heterocycles. The second-order valence-electron chi connectivity index (χ2n) is 6.42. The van der Waals surface area contributed by atoms with Crippen LogP contribution in [0.5, 0.6) is 0 Å². The summed E-state index contributed by atoms with van der Waals surface area (Å²) >= 11 is 16.8. The van der Waals surface area contributed by atoms with E-state index in [1.54, 1.807) is 0 Å². The summed E-state index contributed by atoms with van der Waals surface area (Å²) in [4.78, 5) is -0.0223. The number of alkyl halides is 3. The number of nitrogens with one attached hydrogen (secondary N) is 3. The molecule has 0 atom stereocenters. The molecular formula is C20H14Cl2F3N3O2S2. The Balaban J connectivity index is 1.66. The van der Waals surface area contributed by atoms with Crippen LogP contribution >= 0.6 is 35.4 Å². The molecule has 0 aliphatic rings. The Kier molecular flexibility index (Phi) is 7.19. The van der Waals surface area contributed by atoms with Gasteiger partial charge in [0.15, 0.2) is 5.11 Å². The summed E-state index contributed by atoms with van der Waals surface area (Å²) in [5.41, 5.74) is 0.0210. The molecule has 3 aromatic carbocycles. The minimum atomic E-state index is -4.47. The molecule has 12 heteroatoms. The summed E-state index contributed by atoms with van der Waals surface area (Å²) < 4.78 is 65.9. The maximum absolute atomic E-state index is 12.8. The van der Waals surface area contributed by atoms with Gasteiger partial charge in [-0.2, -0.15) is 13.2 Å². The van der Waals surface area contributed by atoms with Crippen LogP contribution in [0.2, 0.25) is 10.0 Å².